The Kier molecular flexibility index (Phi) is 3.56. The minimum absolute atomic E-state index is 0.168. The molecule has 0 atom stereocenters. The molecule has 2 aliphatic rings. The third kappa shape index (κ3) is 2.64. The summed E-state index contributed by atoms with van der Waals surface area (Å²) in [7, 11) is -4.05. The molecule has 2 aliphatic heterocycles. The smallest absolute Gasteiger partial charge is 0.246 e. The minimum Gasteiger partial charge on any atom is -0.350 e. The van der Waals surface area contributed by atoms with Gasteiger partial charge in [-0.1, -0.05) is 0 Å². The first-order valence-electron chi connectivity index (χ1n) is 6.87. The lowest BCUT2D eigenvalue weighted by Crippen LogP contribution is -2.65. The molecule has 8 heteroatoms. The van der Waals surface area contributed by atoms with E-state index in [1.807, 2.05) is 0 Å². The third-order valence-electron chi connectivity index (χ3n) is 3.99. The van der Waals surface area contributed by atoms with Crippen LogP contribution < -0.4 is 0 Å². The maximum atomic E-state index is 13.7. The van der Waals surface area contributed by atoms with Crippen LogP contribution in [-0.4, -0.2) is 44.8 Å². The van der Waals surface area contributed by atoms with Gasteiger partial charge in [-0.05, 0) is 32.0 Å². The van der Waals surface area contributed by atoms with E-state index in [-0.39, 0.29) is 13.1 Å². The molecule has 3 rings (SSSR count). The molecule has 0 N–H and O–H groups in total. The molecule has 2 saturated heterocycles. The summed E-state index contributed by atoms with van der Waals surface area (Å²) in [5, 5.41) is 0. The Morgan fingerprint density at radius 2 is 1.73 bits per heavy atom. The second kappa shape index (κ2) is 4.95. The van der Waals surface area contributed by atoms with Crippen LogP contribution >= 0.6 is 0 Å². The van der Waals surface area contributed by atoms with Gasteiger partial charge in [0.15, 0.2) is 5.79 Å². The van der Waals surface area contributed by atoms with Gasteiger partial charge in [-0.25, -0.2) is 17.2 Å². The maximum Gasteiger partial charge on any atom is 0.246 e. The average molecular weight is 333 g/mol. The highest BCUT2D eigenvalue weighted by molar-refractivity contribution is 7.89. The Balaban J connectivity index is 1.76. The molecule has 1 spiro atoms. The van der Waals surface area contributed by atoms with Gasteiger partial charge in [-0.2, -0.15) is 4.31 Å². The van der Waals surface area contributed by atoms with Crippen LogP contribution in [0.4, 0.5) is 8.78 Å². The second-order valence-electron chi connectivity index (χ2n) is 6.33. The van der Waals surface area contributed by atoms with Gasteiger partial charge >= 0.3 is 0 Å². The summed E-state index contributed by atoms with van der Waals surface area (Å²) in [6, 6.07) is 2.40. The van der Waals surface area contributed by atoms with E-state index in [1.54, 1.807) is 13.8 Å². The van der Waals surface area contributed by atoms with Gasteiger partial charge in [0.1, 0.15) is 16.5 Å². The average Bonchev–Trinajstić information content (AvgIpc) is 2.39. The number of benzene rings is 1. The Morgan fingerprint density at radius 3 is 2.32 bits per heavy atom. The van der Waals surface area contributed by atoms with Crippen molar-refractivity contribution in [2.75, 3.05) is 26.3 Å². The molecule has 0 bridgehead atoms. The van der Waals surface area contributed by atoms with Crippen LogP contribution in [0.15, 0.2) is 23.1 Å². The van der Waals surface area contributed by atoms with E-state index in [0.29, 0.717) is 19.3 Å². The monoisotopic (exact) mass is 333 g/mol. The number of hydrogen-bond acceptors (Lipinski definition) is 4. The SMILES string of the molecule is CC1(C)OCC2(CO1)CN(S(=O)(=O)c1cc(F)ccc1F)C2. The Labute approximate surface area is 127 Å². The van der Waals surface area contributed by atoms with Gasteiger partial charge in [0.05, 0.1) is 13.2 Å². The van der Waals surface area contributed by atoms with E-state index < -0.39 is 37.8 Å². The summed E-state index contributed by atoms with van der Waals surface area (Å²) in [6.07, 6.45) is 0. The number of rotatable bonds is 2. The summed E-state index contributed by atoms with van der Waals surface area (Å²) >= 11 is 0. The normalized spacial score (nSPS) is 24.2. The number of halogens is 2. The molecule has 0 aromatic heterocycles. The van der Waals surface area contributed by atoms with Crippen LogP contribution in [0, 0.1) is 17.0 Å². The van der Waals surface area contributed by atoms with Crippen LogP contribution in [0.1, 0.15) is 13.8 Å². The Hall–Kier alpha value is -1.09. The fourth-order valence-electron chi connectivity index (χ4n) is 2.61. The molecular weight excluding hydrogens is 316 g/mol. The predicted octanol–water partition coefficient (Wildman–Crippen LogP) is 1.74. The molecule has 2 heterocycles. The fourth-order valence-corrected chi connectivity index (χ4v) is 4.35. The van der Waals surface area contributed by atoms with Crippen molar-refractivity contribution in [3.63, 3.8) is 0 Å². The van der Waals surface area contributed by atoms with Crippen molar-refractivity contribution in [3.8, 4) is 0 Å². The first-order chi connectivity index (χ1) is 10.1. The third-order valence-corrected chi connectivity index (χ3v) is 5.79. The zero-order valence-corrected chi connectivity index (χ0v) is 13.1. The number of hydrogen-bond donors (Lipinski definition) is 0. The van der Waals surface area contributed by atoms with Crippen molar-refractivity contribution in [2.24, 2.45) is 5.41 Å². The molecule has 0 amide bonds. The lowest BCUT2D eigenvalue weighted by atomic mass is 9.82. The summed E-state index contributed by atoms with van der Waals surface area (Å²) < 4.78 is 63.9. The molecular formula is C14H17F2NO4S. The van der Waals surface area contributed by atoms with E-state index in [2.05, 4.69) is 0 Å². The van der Waals surface area contributed by atoms with E-state index in [0.717, 1.165) is 16.4 Å². The second-order valence-corrected chi connectivity index (χ2v) is 8.23. The predicted molar refractivity (Wildman–Crippen MR) is 73.5 cm³/mol. The molecule has 22 heavy (non-hydrogen) atoms. The van der Waals surface area contributed by atoms with Crippen molar-refractivity contribution < 1.29 is 26.7 Å². The highest BCUT2D eigenvalue weighted by Crippen LogP contribution is 2.40. The van der Waals surface area contributed by atoms with Crippen molar-refractivity contribution in [3.05, 3.63) is 29.8 Å². The lowest BCUT2D eigenvalue weighted by molar-refractivity contribution is -0.299. The maximum absolute atomic E-state index is 13.7. The molecule has 0 aliphatic carbocycles. The zero-order valence-electron chi connectivity index (χ0n) is 12.3. The molecule has 2 fully saturated rings. The van der Waals surface area contributed by atoms with E-state index in [9.17, 15) is 17.2 Å². The molecule has 0 radical (unpaired) electrons. The van der Waals surface area contributed by atoms with Gasteiger partial charge in [0.25, 0.3) is 0 Å². The summed E-state index contributed by atoms with van der Waals surface area (Å²) in [5.74, 6) is -2.43. The van der Waals surface area contributed by atoms with Gasteiger partial charge < -0.3 is 9.47 Å². The van der Waals surface area contributed by atoms with E-state index >= 15 is 0 Å². The number of nitrogens with zero attached hydrogens (tertiary/aromatic N) is 1. The van der Waals surface area contributed by atoms with E-state index in [4.69, 9.17) is 9.47 Å². The first kappa shape index (κ1) is 15.8. The molecule has 1 aromatic carbocycles. The van der Waals surface area contributed by atoms with Crippen molar-refractivity contribution in [1.82, 2.24) is 4.31 Å². The van der Waals surface area contributed by atoms with Gasteiger partial charge in [0.2, 0.25) is 10.0 Å². The molecule has 0 saturated carbocycles. The van der Waals surface area contributed by atoms with Crippen molar-refractivity contribution in [1.29, 1.82) is 0 Å². The molecule has 1 aromatic rings. The Bertz CT molecular complexity index is 687. The number of ether oxygens (including phenoxy) is 2. The Morgan fingerprint density at radius 1 is 1.14 bits per heavy atom. The lowest BCUT2D eigenvalue weighted by Gasteiger charge is -2.53. The molecule has 5 nitrogen and oxygen atoms in total. The summed E-state index contributed by atoms with van der Waals surface area (Å²) in [5.41, 5.74) is -0.410. The highest BCUT2D eigenvalue weighted by atomic mass is 32.2. The van der Waals surface area contributed by atoms with Gasteiger partial charge in [-0.3, -0.25) is 0 Å². The largest absolute Gasteiger partial charge is 0.350 e. The zero-order chi connectivity index (χ0) is 16.2. The minimum atomic E-state index is -4.05. The summed E-state index contributed by atoms with van der Waals surface area (Å²) in [4.78, 5) is -0.639. The topological polar surface area (TPSA) is 55.8 Å². The van der Waals surface area contributed by atoms with Gasteiger partial charge in [0, 0.05) is 18.5 Å². The van der Waals surface area contributed by atoms with E-state index in [1.165, 1.54) is 0 Å². The molecule has 122 valence electrons. The van der Waals surface area contributed by atoms with Crippen molar-refractivity contribution >= 4 is 10.0 Å². The van der Waals surface area contributed by atoms with Crippen LogP contribution in [0.3, 0.4) is 0 Å². The number of sulfonamides is 1. The van der Waals surface area contributed by atoms with Crippen LogP contribution in [0.5, 0.6) is 0 Å². The molecule has 0 unspecified atom stereocenters. The first-order valence-corrected chi connectivity index (χ1v) is 8.31. The highest BCUT2D eigenvalue weighted by Gasteiger charge is 2.52. The standard InChI is InChI=1S/C14H17F2NO4S/c1-13(2)20-8-14(9-21-13)6-17(7-14)22(18,19)12-5-10(15)3-4-11(12)16/h3-5H,6-9H2,1-2H3. The van der Waals surface area contributed by atoms with Crippen LogP contribution in [0.25, 0.3) is 0 Å². The van der Waals surface area contributed by atoms with Crippen LogP contribution in [0.2, 0.25) is 0 Å². The summed E-state index contributed by atoms with van der Waals surface area (Å²) in [6.45, 7) is 4.66. The fraction of sp³-hybridized carbons (Fsp3) is 0.571. The van der Waals surface area contributed by atoms with Gasteiger partial charge in [-0.15, -0.1) is 0 Å². The quantitative estimate of drug-likeness (QED) is 0.827. The van der Waals surface area contributed by atoms with Crippen LogP contribution in [-0.2, 0) is 19.5 Å². The van der Waals surface area contributed by atoms with Crippen molar-refractivity contribution in [2.45, 2.75) is 24.5 Å².